The molecule has 0 aromatic heterocycles. The number of sulfone groups is 1. The molecule has 142 valence electrons. The van der Waals surface area contributed by atoms with Gasteiger partial charge in [0.25, 0.3) is 11.6 Å². The quantitative estimate of drug-likeness (QED) is 0.452. The zero-order valence-electron chi connectivity index (χ0n) is 14.4. The van der Waals surface area contributed by atoms with E-state index in [0.29, 0.717) is 0 Å². The van der Waals surface area contributed by atoms with Gasteiger partial charge in [0.2, 0.25) is 0 Å². The van der Waals surface area contributed by atoms with Gasteiger partial charge in [0.1, 0.15) is 0 Å². The Labute approximate surface area is 155 Å². The van der Waals surface area contributed by atoms with E-state index < -0.39 is 32.7 Å². The van der Waals surface area contributed by atoms with E-state index in [2.05, 4.69) is 5.32 Å². The number of nitro groups is 1. The Bertz CT molecular complexity index is 985. The summed E-state index contributed by atoms with van der Waals surface area (Å²) in [6, 6.07) is 10.4. The standard InChI is InChI=1S/C17H16N2O7S/c1-11(16(20)18-13-4-3-5-14(10-13)19(22)23)26-17(21)12-6-8-15(9-7-12)27(2,24)25/h3-11H,1-2H3,(H,18,20)/t11-/m1/s1. The molecule has 9 nitrogen and oxygen atoms in total. The number of carbonyl (C=O) groups is 2. The number of hydrogen-bond donors (Lipinski definition) is 1. The number of non-ortho nitro benzene ring substituents is 1. The summed E-state index contributed by atoms with van der Waals surface area (Å²) in [6.45, 7) is 1.34. The number of anilines is 1. The van der Waals surface area contributed by atoms with Crippen LogP contribution in [0, 0.1) is 10.1 Å². The van der Waals surface area contributed by atoms with E-state index >= 15 is 0 Å². The van der Waals surface area contributed by atoms with Crippen molar-refractivity contribution in [2.45, 2.75) is 17.9 Å². The number of amides is 1. The number of nitrogens with zero attached hydrogens (tertiary/aromatic N) is 1. The van der Waals surface area contributed by atoms with E-state index in [0.717, 1.165) is 6.26 Å². The molecule has 0 heterocycles. The predicted molar refractivity (Wildman–Crippen MR) is 96.2 cm³/mol. The SMILES string of the molecule is C[C@@H](OC(=O)c1ccc(S(C)(=O)=O)cc1)C(=O)Nc1cccc([N+](=O)[O-])c1. The lowest BCUT2D eigenvalue weighted by molar-refractivity contribution is -0.384. The van der Waals surface area contributed by atoms with E-state index in [4.69, 9.17) is 4.74 Å². The molecule has 0 saturated carbocycles. The molecule has 0 aliphatic heterocycles. The van der Waals surface area contributed by atoms with Crippen molar-refractivity contribution >= 4 is 33.1 Å². The van der Waals surface area contributed by atoms with Gasteiger partial charge in [-0.15, -0.1) is 0 Å². The van der Waals surface area contributed by atoms with Crippen molar-refractivity contribution in [3.05, 3.63) is 64.2 Å². The van der Waals surface area contributed by atoms with Gasteiger partial charge in [-0.25, -0.2) is 13.2 Å². The highest BCUT2D eigenvalue weighted by Crippen LogP contribution is 2.18. The Kier molecular flexibility index (Phi) is 5.91. The predicted octanol–water partition coefficient (Wildman–Crippen LogP) is 2.18. The summed E-state index contributed by atoms with van der Waals surface area (Å²) in [4.78, 5) is 34.4. The molecule has 0 bridgehead atoms. The van der Waals surface area contributed by atoms with E-state index in [9.17, 15) is 28.1 Å². The van der Waals surface area contributed by atoms with Crippen molar-refractivity contribution in [1.82, 2.24) is 0 Å². The molecule has 2 aromatic carbocycles. The van der Waals surface area contributed by atoms with Crippen LogP contribution < -0.4 is 5.32 Å². The number of ether oxygens (including phenoxy) is 1. The monoisotopic (exact) mass is 392 g/mol. The summed E-state index contributed by atoms with van der Waals surface area (Å²) in [7, 11) is -3.39. The third-order valence-corrected chi connectivity index (χ3v) is 4.62. The molecule has 27 heavy (non-hydrogen) atoms. The van der Waals surface area contributed by atoms with Crippen LogP contribution in [0.1, 0.15) is 17.3 Å². The van der Waals surface area contributed by atoms with Crippen LogP contribution in [0.25, 0.3) is 0 Å². The van der Waals surface area contributed by atoms with Crippen LogP contribution in [0.15, 0.2) is 53.4 Å². The summed E-state index contributed by atoms with van der Waals surface area (Å²) in [5, 5.41) is 13.2. The highest BCUT2D eigenvalue weighted by atomic mass is 32.2. The molecule has 1 amide bonds. The maximum atomic E-state index is 12.1. The van der Waals surface area contributed by atoms with Crippen molar-refractivity contribution in [3.63, 3.8) is 0 Å². The number of hydrogen-bond acceptors (Lipinski definition) is 7. The van der Waals surface area contributed by atoms with E-state index in [-0.39, 0.29) is 21.8 Å². The van der Waals surface area contributed by atoms with Crippen molar-refractivity contribution in [2.75, 3.05) is 11.6 Å². The van der Waals surface area contributed by atoms with Crippen LogP contribution in [0.3, 0.4) is 0 Å². The third-order valence-electron chi connectivity index (χ3n) is 3.50. The van der Waals surface area contributed by atoms with Crippen molar-refractivity contribution in [2.24, 2.45) is 0 Å². The number of carbonyl (C=O) groups excluding carboxylic acids is 2. The Morgan fingerprint density at radius 1 is 1.15 bits per heavy atom. The number of nitro benzene ring substituents is 1. The van der Waals surface area contributed by atoms with Gasteiger partial charge in [0, 0.05) is 24.1 Å². The Morgan fingerprint density at radius 3 is 2.33 bits per heavy atom. The first-order valence-electron chi connectivity index (χ1n) is 7.64. The number of esters is 1. The lowest BCUT2D eigenvalue weighted by Gasteiger charge is -2.13. The molecule has 1 atom stereocenters. The van der Waals surface area contributed by atoms with Gasteiger partial charge in [0.05, 0.1) is 15.4 Å². The first-order chi connectivity index (χ1) is 12.6. The minimum atomic E-state index is -3.39. The molecule has 0 fully saturated rings. The molecule has 2 aromatic rings. The zero-order chi connectivity index (χ0) is 20.2. The van der Waals surface area contributed by atoms with Gasteiger partial charge in [-0.05, 0) is 37.3 Å². The minimum absolute atomic E-state index is 0.0514. The van der Waals surface area contributed by atoms with Crippen LogP contribution >= 0.6 is 0 Å². The van der Waals surface area contributed by atoms with Gasteiger partial charge in [-0.2, -0.15) is 0 Å². The number of rotatable bonds is 6. The van der Waals surface area contributed by atoms with Crippen LogP contribution in [-0.4, -0.2) is 37.6 Å². The van der Waals surface area contributed by atoms with E-state index in [1.54, 1.807) is 0 Å². The topological polar surface area (TPSA) is 133 Å². The molecular weight excluding hydrogens is 376 g/mol. The lowest BCUT2D eigenvalue weighted by atomic mass is 10.2. The number of nitrogens with one attached hydrogen (secondary N) is 1. The molecule has 0 aliphatic rings. The normalized spacial score (nSPS) is 12.1. The van der Waals surface area contributed by atoms with Crippen molar-refractivity contribution in [3.8, 4) is 0 Å². The third kappa shape index (κ3) is 5.35. The van der Waals surface area contributed by atoms with E-state index in [1.165, 1.54) is 55.5 Å². The smallest absolute Gasteiger partial charge is 0.338 e. The second-order valence-corrected chi connectivity index (χ2v) is 7.66. The average Bonchev–Trinajstić information content (AvgIpc) is 2.61. The fourth-order valence-corrected chi connectivity index (χ4v) is 2.69. The first-order valence-corrected chi connectivity index (χ1v) is 9.53. The van der Waals surface area contributed by atoms with Crippen LogP contribution in [-0.2, 0) is 19.4 Å². The Balaban J connectivity index is 2.02. The van der Waals surface area contributed by atoms with Crippen LogP contribution in [0.5, 0.6) is 0 Å². The van der Waals surface area contributed by atoms with Crippen LogP contribution in [0.2, 0.25) is 0 Å². The lowest BCUT2D eigenvalue weighted by Crippen LogP contribution is -2.30. The Morgan fingerprint density at radius 2 is 1.78 bits per heavy atom. The van der Waals surface area contributed by atoms with Gasteiger partial charge >= 0.3 is 5.97 Å². The minimum Gasteiger partial charge on any atom is -0.449 e. The van der Waals surface area contributed by atoms with Gasteiger partial charge in [0.15, 0.2) is 15.9 Å². The van der Waals surface area contributed by atoms with Gasteiger partial charge in [-0.3, -0.25) is 14.9 Å². The second kappa shape index (κ2) is 7.96. The maximum Gasteiger partial charge on any atom is 0.338 e. The van der Waals surface area contributed by atoms with E-state index in [1.807, 2.05) is 0 Å². The molecule has 1 N–H and O–H groups in total. The summed E-state index contributed by atoms with van der Waals surface area (Å²) in [6.07, 6.45) is -0.132. The molecule has 0 aliphatic carbocycles. The van der Waals surface area contributed by atoms with Gasteiger partial charge < -0.3 is 10.1 Å². The summed E-state index contributed by atoms with van der Waals surface area (Å²) >= 11 is 0. The van der Waals surface area contributed by atoms with Gasteiger partial charge in [-0.1, -0.05) is 6.07 Å². The largest absolute Gasteiger partial charge is 0.449 e. The first kappa shape index (κ1) is 20.0. The summed E-state index contributed by atoms with van der Waals surface area (Å²) in [5.41, 5.74) is 0.0791. The van der Waals surface area contributed by atoms with Crippen molar-refractivity contribution < 1.29 is 27.7 Å². The Hall–Kier alpha value is -3.27. The number of benzene rings is 2. The summed E-state index contributed by atoms with van der Waals surface area (Å²) in [5.74, 6) is -1.48. The molecule has 0 spiro atoms. The van der Waals surface area contributed by atoms with Crippen LogP contribution in [0.4, 0.5) is 11.4 Å². The fraction of sp³-hybridized carbons (Fsp3) is 0.176. The maximum absolute atomic E-state index is 12.1. The fourth-order valence-electron chi connectivity index (χ4n) is 2.06. The molecule has 2 rings (SSSR count). The second-order valence-electron chi connectivity index (χ2n) is 5.64. The highest BCUT2D eigenvalue weighted by molar-refractivity contribution is 7.90. The molecule has 10 heteroatoms. The zero-order valence-corrected chi connectivity index (χ0v) is 15.2. The molecule has 0 unspecified atom stereocenters. The average molecular weight is 392 g/mol. The van der Waals surface area contributed by atoms with Crippen molar-refractivity contribution in [1.29, 1.82) is 0 Å². The molecule has 0 radical (unpaired) electrons. The molecular formula is C17H16N2O7S. The highest BCUT2D eigenvalue weighted by Gasteiger charge is 2.20. The summed E-state index contributed by atoms with van der Waals surface area (Å²) < 4.78 is 27.9. The molecule has 0 saturated heterocycles.